The Kier molecular flexibility index (Phi) is 6.23. The highest BCUT2D eigenvalue weighted by molar-refractivity contribution is 5.95. The van der Waals surface area contributed by atoms with Crippen molar-refractivity contribution >= 4 is 17.4 Å². The molecule has 0 fully saturated rings. The molecule has 0 atom stereocenters. The summed E-state index contributed by atoms with van der Waals surface area (Å²) >= 11 is 0. The molecule has 2 rings (SSSR count). The summed E-state index contributed by atoms with van der Waals surface area (Å²) in [6.45, 7) is 5.41. The Morgan fingerprint density at radius 2 is 1.83 bits per heavy atom. The SMILES string of the molecule is CCCN(CCC)C(=O)c1ccnc(Nc2ccc(F)cc2F)c1. The molecule has 0 bridgehead atoms. The summed E-state index contributed by atoms with van der Waals surface area (Å²) in [5.74, 6) is -1.11. The maximum absolute atomic E-state index is 13.7. The van der Waals surface area contributed by atoms with Gasteiger partial charge in [0.05, 0.1) is 5.69 Å². The Hall–Kier alpha value is -2.50. The number of benzene rings is 1. The van der Waals surface area contributed by atoms with E-state index >= 15 is 0 Å². The number of aromatic nitrogens is 1. The molecule has 0 saturated heterocycles. The van der Waals surface area contributed by atoms with Gasteiger partial charge in [-0.05, 0) is 37.1 Å². The fourth-order valence-electron chi connectivity index (χ4n) is 2.40. The van der Waals surface area contributed by atoms with Crippen molar-refractivity contribution in [2.24, 2.45) is 0 Å². The number of carbonyl (C=O) groups is 1. The van der Waals surface area contributed by atoms with Crippen LogP contribution in [0.4, 0.5) is 20.3 Å². The second kappa shape index (κ2) is 8.38. The van der Waals surface area contributed by atoms with E-state index in [2.05, 4.69) is 10.3 Å². The van der Waals surface area contributed by atoms with Crippen molar-refractivity contribution in [3.63, 3.8) is 0 Å². The number of hydrogen-bond donors (Lipinski definition) is 1. The Morgan fingerprint density at radius 1 is 1.12 bits per heavy atom. The second-order valence-corrected chi connectivity index (χ2v) is 5.47. The zero-order valence-electron chi connectivity index (χ0n) is 13.9. The third kappa shape index (κ3) is 4.50. The number of halogens is 2. The van der Waals surface area contributed by atoms with Crippen molar-refractivity contribution < 1.29 is 13.6 Å². The van der Waals surface area contributed by atoms with Gasteiger partial charge in [-0.3, -0.25) is 4.79 Å². The van der Waals surface area contributed by atoms with Gasteiger partial charge in [0.15, 0.2) is 0 Å². The van der Waals surface area contributed by atoms with Crippen LogP contribution in [0.1, 0.15) is 37.0 Å². The molecule has 0 aliphatic heterocycles. The zero-order chi connectivity index (χ0) is 17.5. The minimum absolute atomic E-state index is 0.0799. The predicted molar refractivity (Wildman–Crippen MR) is 90.4 cm³/mol. The molecule has 4 nitrogen and oxygen atoms in total. The lowest BCUT2D eigenvalue weighted by Crippen LogP contribution is -2.32. The van der Waals surface area contributed by atoms with Crippen LogP contribution in [0.15, 0.2) is 36.5 Å². The molecule has 1 amide bonds. The van der Waals surface area contributed by atoms with Crippen LogP contribution in [0.5, 0.6) is 0 Å². The Bertz CT molecular complexity index is 700. The van der Waals surface area contributed by atoms with Gasteiger partial charge in [-0.1, -0.05) is 13.8 Å². The molecule has 0 spiro atoms. The predicted octanol–water partition coefficient (Wildman–Crippen LogP) is 4.37. The van der Waals surface area contributed by atoms with E-state index in [0.29, 0.717) is 24.5 Å². The Balaban J connectivity index is 2.20. The third-order valence-electron chi connectivity index (χ3n) is 3.48. The molecule has 1 N–H and O–H groups in total. The van der Waals surface area contributed by atoms with Gasteiger partial charge in [-0.15, -0.1) is 0 Å². The molecule has 24 heavy (non-hydrogen) atoms. The van der Waals surface area contributed by atoms with Crippen LogP contribution in [0.3, 0.4) is 0 Å². The minimum atomic E-state index is -0.716. The number of nitrogens with one attached hydrogen (secondary N) is 1. The second-order valence-electron chi connectivity index (χ2n) is 5.47. The summed E-state index contributed by atoms with van der Waals surface area (Å²) in [4.78, 5) is 18.5. The smallest absolute Gasteiger partial charge is 0.254 e. The van der Waals surface area contributed by atoms with Gasteiger partial charge in [-0.25, -0.2) is 13.8 Å². The summed E-state index contributed by atoms with van der Waals surface area (Å²) < 4.78 is 26.7. The number of nitrogens with zero attached hydrogens (tertiary/aromatic N) is 2. The van der Waals surface area contributed by atoms with E-state index < -0.39 is 11.6 Å². The lowest BCUT2D eigenvalue weighted by molar-refractivity contribution is 0.0755. The molecular formula is C18H21F2N3O. The van der Waals surface area contributed by atoms with Crippen molar-refractivity contribution in [2.75, 3.05) is 18.4 Å². The molecule has 6 heteroatoms. The fourth-order valence-corrected chi connectivity index (χ4v) is 2.40. The van der Waals surface area contributed by atoms with E-state index in [9.17, 15) is 13.6 Å². The van der Waals surface area contributed by atoms with Gasteiger partial charge in [0.25, 0.3) is 5.91 Å². The van der Waals surface area contributed by atoms with E-state index in [1.165, 1.54) is 12.3 Å². The molecule has 0 saturated carbocycles. The van der Waals surface area contributed by atoms with Gasteiger partial charge in [-0.2, -0.15) is 0 Å². The Labute approximate surface area is 140 Å². The number of hydrogen-bond acceptors (Lipinski definition) is 3. The monoisotopic (exact) mass is 333 g/mol. The summed E-state index contributed by atoms with van der Waals surface area (Å²) in [7, 11) is 0. The van der Waals surface area contributed by atoms with Crippen molar-refractivity contribution in [3.05, 3.63) is 53.7 Å². The average molecular weight is 333 g/mol. The molecule has 2 aromatic rings. The van der Waals surface area contributed by atoms with Crippen molar-refractivity contribution in [3.8, 4) is 0 Å². The van der Waals surface area contributed by atoms with Gasteiger partial charge in [0.1, 0.15) is 17.5 Å². The summed E-state index contributed by atoms with van der Waals surface area (Å²) in [5, 5.41) is 2.77. The molecule has 1 heterocycles. The number of pyridine rings is 1. The van der Waals surface area contributed by atoms with Crippen molar-refractivity contribution in [1.29, 1.82) is 0 Å². The molecule has 1 aromatic heterocycles. The average Bonchev–Trinajstić information content (AvgIpc) is 2.57. The van der Waals surface area contributed by atoms with E-state index in [0.717, 1.165) is 25.0 Å². The topological polar surface area (TPSA) is 45.2 Å². The third-order valence-corrected chi connectivity index (χ3v) is 3.48. The minimum Gasteiger partial charge on any atom is -0.339 e. The first-order valence-electron chi connectivity index (χ1n) is 8.02. The van der Waals surface area contributed by atoms with E-state index in [-0.39, 0.29) is 11.6 Å². The lowest BCUT2D eigenvalue weighted by atomic mass is 10.2. The maximum atomic E-state index is 13.7. The largest absolute Gasteiger partial charge is 0.339 e. The molecular weight excluding hydrogens is 312 g/mol. The number of rotatable bonds is 7. The van der Waals surface area contributed by atoms with Crippen LogP contribution in [0, 0.1) is 11.6 Å². The first-order chi connectivity index (χ1) is 11.5. The highest BCUT2D eigenvalue weighted by Gasteiger charge is 2.15. The first kappa shape index (κ1) is 17.8. The lowest BCUT2D eigenvalue weighted by Gasteiger charge is -2.21. The summed E-state index contributed by atoms with van der Waals surface area (Å²) in [6, 6.07) is 6.45. The van der Waals surface area contributed by atoms with Crippen LogP contribution in [0.25, 0.3) is 0 Å². The van der Waals surface area contributed by atoms with Gasteiger partial charge >= 0.3 is 0 Å². The Morgan fingerprint density at radius 3 is 2.46 bits per heavy atom. The molecule has 0 radical (unpaired) electrons. The van der Waals surface area contributed by atoms with Gasteiger partial charge in [0.2, 0.25) is 0 Å². The van der Waals surface area contributed by atoms with E-state index in [4.69, 9.17) is 0 Å². The van der Waals surface area contributed by atoms with Crippen molar-refractivity contribution in [1.82, 2.24) is 9.88 Å². The first-order valence-corrected chi connectivity index (χ1v) is 8.02. The van der Waals surface area contributed by atoms with Gasteiger partial charge < -0.3 is 10.2 Å². The fraction of sp³-hybridized carbons (Fsp3) is 0.333. The maximum Gasteiger partial charge on any atom is 0.254 e. The molecule has 0 unspecified atom stereocenters. The van der Waals surface area contributed by atoms with Crippen LogP contribution in [-0.2, 0) is 0 Å². The standard InChI is InChI=1S/C18H21F2N3O/c1-3-9-23(10-4-2)18(24)13-7-8-21-17(11-13)22-16-6-5-14(19)12-15(16)20/h5-8,11-12H,3-4,9-10H2,1-2H3,(H,21,22). The zero-order valence-corrected chi connectivity index (χ0v) is 13.9. The number of amides is 1. The van der Waals surface area contributed by atoms with Crippen molar-refractivity contribution in [2.45, 2.75) is 26.7 Å². The van der Waals surface area contributed by atoms with Crippen LogP contribution in [0.2, 0.25) is 0 Å². The highest BCUT2D eigenvalue weighted by atomic mass is 19.1. The quantitative estimate of drug-likeness (QED) is 0.818. The van der Waals surface area contributed by atoms with Crippen LogP contribution >= 0.6 is 0 Å². The molecule has 0 aliphatic carbocycles. The summed E-state index contributed by atoms with van der Waals surface area (Å²) in [6.07, 6.45) is 3.25. The molecule has 128 valence electrons. The van der Waals surface area contributed by atoms with E-state index in [1.807, 2.05) is 13.8 Å². The summed E-state index contributed by atoms with van der Waals surface area (Å²) in [5.41, 5.74) is 0.587. The molecule has 1 aromatic carbocycles. The van der Waals surface area contributed by atoms with E-state index in [1.54, 1.807) is 17.0 Å². The van der Waals surface area contributed by atoms with Crippen LogP contribution in [-0.4, -0.2) is 28.9 Å². The highest BCUT2D eigenvalue weighted by Crippen LogP contribution is 2.20. The molecule has 0 aliphatic rings. The normalized spacial score (nSPS) is 10.5. The van der Waals surface area contributed by atoms with Gasteiger partial charge in [0, 0.05) is 30.9 Å². The number of carbonyl (C=O) groups excluding carboxylic acids is 1. The number of anilines is 2. The van der Waals surface area contributed by atoms with Crippen LogP contribution < -0.4 is 5.32 Å².